The molecule has 0 aliphatic rings. The Bertz CT molecular complexity index is 579. The number of benzene rings is 2. The van der Waals surface area contributed by atoms with Crippen molar-refractivity contribution in [3.63, 3.8) is 0 Å². The van der Waals surface area contributed by atoms with Crippen LogP contribution in [-0.2, 0) is 16.2 Å². The fourth-order valence-corrected chi connectivity index (χ4v) is 1.62. The number of hydrogen-bond donors (Lipinski definition) is 1. The van der Waals surface area contributed by atoms with Gasteiger partial charge in [0.05, 0.1) is 0 Å². The van der Waals surface area contributed by atoms with Gasteiger partial charge in [-0.15, -0.1) is 4.91 Å². The van der Waals surface area contributed by atoms with Crippen molar-refractivity contribution in [3.05, 3.63) is 76.9 Å². The van der Waals surface area contributed by atoms with Crippen molar-refractivity contribution in [1.82, 2.24) is 0 Å². The molecule has 20 heavy (non-hydrogen) atoms. The molecule has 0 atom stereocenters. The van der Waals surface area contributed by atoms with Gasteiger partial charge in [-0.25, -0.2) is 0 Å². The lowest BCUT2D eigenvalue weighted by molar-refractivity contribution is 0.222. The van der Waals surface area contributed by atoms with Crippen LogP contribution < -0.4 is 0 Å². The molecule has 0 saturated carbocycles. The lowest BCUT2D eigenvalue weighted by Gasteiger charge is -2.10. The SMILES string of the molecule is O=NOC=C(OCc1ccccc1)c1ccc(O)cc1. The molecular weight excluding hydrogens is 258 g/mol. The molecule has 0 amide bonds. The Morgan fingerprint density at radius 2 is 1.80 bits per heavy atom. The third-order valence-electron chi connectivity index (χ3n) is 2.59. The van der Waals surface area contributed by atoms with Crippen LogP contribution in [0.3, 0.4) is 0 Å². The Balaban J connectivity index is 2.12. The van der Waals surface area contributed by atoms with Crippen LogP contribution in [0.15, 0.2) is 66.2 Å². The van der Waals surface area contributed by atoms with Crippen LogP contribution >= 0.6 is 0 Å². The third-order valence-corrected chi connectivity index (χ3v) is 2.59. The van der Waals surface area contributed by atoms with Gasteiger partial charge in [0, 0.05) is 5.56 Å². The quantitative estimate of drug-likeness (QED) is 0.495. The second-order valence-corrected chi connectivity index (χ2v) is 3.98. The summed E-state index contributed by atoms with van der Waals surface area (Å²) in [6.45, 7) is 0.329. The molecule has 0 aliphatic heterocycles. The Morgan fingerprint density at radius 3 is 2.45 bits per heavy atom. The van der Waals surface area contributed by atoms with E-state index in [1.54, 1.807) is 12.1 Å². The van der Waals surface area contributed by atoms with Gasteiger partial charge in [0.15, 0.2) is 17.4 Å². The van der Waals surface area contributed by atoms with Gasteiger partial charge >= 0.3 is 0 Å². The molecular formula is C15H13NO4. The number of aromatic hydroxyl groups is 1. The van der Waals surface area contributed by atoms with Crippen LogP contribution in [0, 0.1) is 4.91 Å². The van der Waals surface area contributed by atoms with Gasteiger partial charge in [0.1, 0.15) is 12.4 Å². The maximum atomic E-state index is 10.1. The minimum Gasteiger partial charge on any atom is -0.508 e. The second-order valence-electron chi connectivity index (χ2n) is 3.98. The van der Waals surface area contributed by atoms with E-state index in [9.17, 15) is 10.0 Å². The Kier molecular flexibility index (Phi) is 4.72. The summed E-state index contributed by atoms with van der Waals surface area (Å²) in [5.41, 5.74) is 1.65. The van der Waals surface area contributed by atoms with Crippen LogP contribution in [0.1, 0.15) is 11.1 Å². The summed E-state index contributed by atoms with van der Waals surface area (Å²) in [6.07, 6.45) is 1.13. The first kappa shape index (κ1) is 13.6. The van der Waals surface area contributed by atoms with E-state index in [0.717, 1.165) is 11.8 Å². The molecule has 0 fully saturated rings. The molecule has 2 aromatic carbocycles. The van der Waals surface area contributed by atoms with Gasteiger partial charge in [0.2, 0.25) is 0 Å². The van der Waals surface area contributed by atoms with Crippen molar-refractivity contribution in [2.24, 2.45) is 5.34 Å². The molecule has 0 aliphatic carbocycles. The van der Waals surface area contributed by atoms with Crippen LogP contribution in [0.2, 0.25) is 0 Å². The van der Waals surface area contributed by atoms with Gasteiger partial charge in [-0.3, -0.25) is 0 Å². The predicted octanol–water partition coefficient (Wildman–Crippen LogP) is 3.61. The van der Waals surface area contributed by atoms with E-state index >= 15 is 0 Å². The molecule has 0 saturated heterocycles. The van der Waals surface area contributed by atoms with Crippen LogP contribution in [0.5, 0.6) is 5.75 Å². The molecule has 0 aromatic heterocycles. The largest absolute Gasteiger partial charge is 0.508 e. The zero-order valence-corrected chi connectivity index (χ0v) is 10.6. The molecule has 0 heterocycles. The van der Waals surface area contributed by atoms with Gasteiger partial charge in [-0.1, -0.05) is 30.3 Å². The Morgan fingerprint density at radius 1 is 1.10 bits per heavy atom. The highest BCUT2D eigenvalue weighted by Crippen LogP contribution is 2.20. The van der Waals surface area contributed by atoms with Crippen molar-refractivity contribution in [2.45, 2.75) is 6.61 Å². The van der Waals surface area contributed by atoms with Crippen LogP contribution in [0.4, 0.5) is 0 Å². The summed E-state index contributed by atoms with van der Waals surface area (Å²) in [5.74, 6) is 0.499. The van der Waals surface area contributed by atoms with E-state index in [1.165, 1.54) is 12.1 Å². The molecule has 5 heteroatoms. The number of phenols is 1. The molecule has 102 valence electrons. The molecule has 2 rings (SSSR count). The van der Waals surface area contributed by atoms with Crippen molar-refractivity contribution < 1.29 is 14.7 Å². The number of phenolic OH excluding ortho intramolecular Hbond substituents is 1. The lowest BCUT2D eigenvalue weighted by atomic mass is 10.2. The van der Waals surface area contributed by atoms with Crippen molar-refractivity contribution in [1.29, 1.82) is 0 Å². The third kappa shape index (κ3) is 3.84. The maximum Gasteiger partial charge on any atom is 0.168 e. The standard InChI is InChI=1S/C15H13NO4/c17-14-8-6-13(7-9-14)15(11-20-16-18)19-10-12-4-2-1-3-5-12/h1-9,11,17H,10H2. The van der Waals surface area contributed by atoms with Gasteiger partial charge in [-0.05, 0) is 29.8 Å². The minimum atomic E-state index is 0.144. The topological polar surface area (TPSA) is 68.1 Å². The fourth-order valence-electron chi connectivity index (χ4n) is 1.62. The maximum absolute atomic E-state index is 10.1. The average Bonchev–Trinajstić information content (AvgIpc) is 2.50. The summed E-state index contributed by atoms with van der Waals surface area (Å²) >= 11 is 0. The predicted molar refractivity (Wildman–Crippen MR) is 74.2 cm³/mol. The molecule has 0 spiro atoms. The number of hydrogen-bond acceptors (Lipinski definition) is 5. The van der Waals surface area contributed by atoms with E-state index in [1.807, 2.05) is 30.3 Å². The molecule has 0 bridgehead atoms. The number of rotatable bonds is 6. The highest BCUT2D eigenvalue weighted by molar-refractivity contribution is 5.59. The summed E-state index contributed by atoms with van der Waals surface area (Å²) in [7, 11) is 0. The van der Waals surface area contributed by atoms with E-state index in [2.05, 4.69) is 10.2 Å². The van der Waals surface area contributed by atoms with Crippen LogP contribution in [0.25, 0.3) is 5.76 Å². The van der Waals surface area contributed by atoms with Gasteiger partial charge in [-0.2, -0.15) is 0 Å². The number of nitrogens with zero attached hydrogens (tertiary/aromatic N) is 1. The monoisotopic (exact) mass is 271 g/mol. The first-order valence-corrected chi connectivity index (χ1v) is 5.94. The number of ether oxygens (including phenoxy) is 1. The van der Waals surface area contributed by atoms with E-state index in [-0.39, 0.29) is 5.75 Å². The second kappa shape index (κ2) is 6.94. The van der Waals surface area contributed by atoms with Gasteiger partial charge in [0.25, 0.3) is 0 Å². The van der Waals surface area contributed by atoms with E-state index in [4.69, 9.17) is 4.74 Å². The zero-order valence-electron chi connectivity index (χ0n) is 10.6. The first-order chi connectivity index (χ1) is 9.79. The zero-order chi connectivity index (χ0) is 14.2. The minimum absolute atomic E-state index is 0.144. The normalized spacial score (nSPS) is 10.9. The van der Waals surface area contributed by atoms with E-state index in [0.29, 0.717) is 17.9 Å². The van der Waals surface area contributed by atoms with Crippen LogP contribution in [-0.4, -0.2) is 5.11 Å². The van der Waals surface area contributed by atoms with Crippen molar-refractivity contribution >= 4 is 5.76 Å². The molecule has 2 aromatic rings. The highest BCUT2D eigenvalue weighted by Gasteiger charge is 2.05. The molecule has 1 N–H and O–H groups in total. The van der Waals surface area contributed by atoms with Crippen molar-refractivity contribution in [3.8, 4) is 5.75 Å². The Labute approximate surface area is 116 Å². The summed E-state index contributed by atoms with van der Waals surface area (Å²) in [5, 5.41) is 11.6. The molecule has 5 nitrogen and oxygen atoms in total. The first-order valence-electron chi connectivity index (χ1n) is 5.94. The van der Waals surface area contributed by atoms with E-state index < -0.39 is 0 Å². The summed E-state index contributed by atoms with van der Waals surface area (Å²) in [4.78, 5) is 14.4. The summed E-state index contributed by atoms with van der Waals surface area (Å²) < 4.78 is 5.61. The highest BCUT2D eigenvalue weighted by atomic mass is 16.7. The average molecular weight is 271 g/mol. The lowest BCUT2D eigenvalue weighted by Crippen LogP contribution is -1.94. The fraction of sp³-hybridized carbons (Fsp3) is 0.0667. The Hall–Kier alpha value is -2.82. The van der Waals surface area contributed by atoms with Gasteiger partial charge < -0.3 is 14.7 Å². The smallest absolute Gasteiger partial charge is 0.168 e. The molecule has 0 unspecified atom stereocenters. The summed E-state index contributed by atoms with van der Waals surface area (Å²) in [6, 6.07) is 15.9. The van der Waals surface area contributed by atoms with Crippen molar-refractivity contribution in [2.75, 3.05) is 0 Å². The molecule has 0 radical (unpaired) electrons.